The number of rotatable bonds is 4. The molecule has 1 atom stereocenters. The van der Waals surface area contributed by atoms with E-state index in [1.807, 2.05) is 18.2 Å². The molecule has 0 bridgehead atoms. The van der Waals surface area contributed by atoms with Crippen molar-refractivity contribution in [1.29, 1.82) is 0 Å². The van der Waals surface area contributed by atoms with Crippen molar-refractivity contribution in [3.63, 3.8) is 0 Å². The number of amides is 2. The van der Waals surface area contributed by atoms with Crippen LogP contribution in [0.25, 0.3) is 0 Å². The Morgan fingerprint density at radius 1 is 1.38 bits per heavy atom. The van der Waals surface area contributed by atoms with Gasteiger partial charge in [0.25, 0.3) is 0 Å². The van der Waals surface area contributed by atoms with Gasteiger partial charge in [-0.05, 0) is 24.1 Å². The van der Waals surface area contributed by atoms with Crippen LogP contribution in [-0.4, -0.2) is 44.8 Å². The van der Waals surface area contributed by atoms with Crippen molar-refractivity contribution in [2.45, 2.75) is 12.3 Å². The van der Waals surface area contributed by atoms with Crippen LogP contribution in [0.15, 0.2) is 18.2 Å². The van der Waals surface area contributed by atoms with E-state index in [0.717, 1.165) is 30.0 Å². The third-order valence-electron chi connectivity index (χ3n) is 3.66. The zero-order valence-electron chi connectivity index (χ0n) is 12.4. The van der Waals surface area contributed by atoms with Crippen molar-refractivity contribution >= 4 is 6.03 Å². The second-order valence-electron chi connectivity index (χ2n) is 4.94. The molecule has 0 aliphatic carbocycles. The smallest absolute Gasteiger partial charge is 0.318 e. The molecule has 2 rings (SSSR count). The van der Waals surface area contributed by atoms with E-state index in [2.05, 4.69) is 11.2 Å². The van der Waals surface area contributed by atoms with E-state index in [1.54, 1.807) is 19.1 Å². The molecule has 1 aliphatic heterocycles. The summed E-state index contributed by atoms with van der Waals surface area (Å²) >= 11 is 0. The number of nitrogens with zero attached hydrogens (tertiary/aromatic N) is 1. The number of nitrogens with one attached hydrogen (secondary N) is 1. The Hall–Kier alpha value is -2.35. The van der Waals surface area contributed by atoms with Gasteiger partial charge in [-0.1, -0.05) is 5.92 Å². The van der Waals surface area contributed by atoms with E-state index in [0.29, 0.717) is 6.54 Å². The van der Waals surface area contributed by atoms with Gasteiger partial charge in [-0.15, -0.1) is 6.42 Å². The van der Waals surface area contributed by atoms with Crippen molar-refractivity contribution in [1.82, 2.24) is 10.2 Å². The lowest BCUT2D eigenvalue weighted by Crippen LogP contribution is -2.38. The second-order valence-corrected chi connectivity index (χ2v) is 4.94. The highest BCUT2D eigenvalue weighted by Gasteiger charge is 2.27. The Balaban J connectivity index is 2.07. The van der Waals surface area contributed by atoms with E-state index in [9.17, 15) is 4.79 Å². The molecule has 5 heteroatoms. The molecular weight excluding hydrogens is 268 g/mol. The lowest BCUT2D eigenvalue weighted by atomic mass is 9.98. The van der Waals surface area contributed by atoms with Crippen molar-refractivity contribution < 1.29 is 14.3 Å². The van der Waals surface area contributed by atoms with Crippen molar-refractivity contribution in [3.8, 4) is 23.8 Å². The molecule has 112 valence electrons. The number of likely N-dealkylation sites (tertiary alicyclic amines) is 1. The molecule has 1 fully saturated rings. The number of methoxy groups -OCH3 is 2. The molecule has 1 aromatic rings. The highest BCUT2D eigenvalue weighted by Crippen LogP contribution is 2.32. The minimum atomic E-state index is -0.106. The fourth-order valence-electron chi connectivity index (χ4n) is 2.52. The zero-order valence-corrected chi connectivity index (χ0v) is 12.4. The monoisotopic (exact) mass is 288 g/mol. The van der Waals surface area contributed by atoms with Crippen molar-refractivity contribution in [2.24, 2.45) is 0 Å². The summed E-state index contributed by atoms with van der Waals surface area (Å²) in [7, 11) is 3.26. The highest BCUT2D eigenvalue weighted by molar-refractivity contribution is 5.74. The van der Waals surface area contributed by atoms with Gasteiger partial charge in [0.05, 0.1) is 20.8 Å². The first-order valence-corrected chi connectivity index (χ1v) is 6.87. The average Bonchev–Trinajstić information content (AvgIpc) is 3.02. The number of carbonyl (C=O) groups excluding carboxylic acids is 1. The van der Waals surface area contributed by atoms with Gasteiger partial charge < -0.3 is 19.7 Å². The van der Waals surface area contributed by atoms with Crippen molar-refractivity contribution in [3.05, 3.63) is 23.8 Å². The number of urea groups is 1. The van der Waals surface area contributed by atoms with Crippen LogP contribution in [0, 0.1) is 12.3 Å². The minimum Gasteiger partial charge on any atom is -0.497 e. The van der Waals surface area contributed by atoms with E-state index < -0.39 is 0 Å². The van der Waals surface area contributed by atoms with Gasteiger partial charge in [-0.25, -0.2) is 4.79 Å². The highest BCUT2D eigenvalue weighted by atomic mass is 16.5. The third-order valence-corrected chi connectivity index (χ3v) is 3.66. The van der Waals surface area contributed by atoms with Crippen LogP contribution >= 0.6 is 0 Å². The maximum Gasteiger partial charge on any atom is 0.318 e. The second kappa shape index (κ2) is 6.89. The van der Waals surface area contributed by atoms with Gasteiger partial charge >= 0.3 is 6.03 Å². The number of benzene rings is 1. The van der Waals surface area contributed by atoms with Crippen molar-refractivity contribution in [2.75, 3.05) is 33.9 Å². The van der Waals surface area contributed by atoms with Gasteiger partial charge in [0.2, 0.25) is 0 Å². The Morgan fingerprint density at radius 2 is 2.05 bits per heavy atom. The summed E-state index contributed by atoms with van der Waals surface area (Å²) in [4.78, 5) is 13.7. The van der Waals surface area contributed by atoms with Gasteiger partial charge in [0.1, 0.15) is 11.5 Å². The normalized spacial score (nSPS) is 17.2. The van der Waals surface area contributed by atoms with Crippen LogP contribution in [-0.2, 0) is 0 Å². The Morgan fingerprint density at radius 3 is 2.62 bits per heavy atom. The quantitative estimate of drug-likeness (QED) is 0.860. The van der Waals surface area contributed by atoms with Crippen LogP contribution in [0.3, 0.4) is 0 Å². The van der Waals surface area contributed by atoms with Crippen LogP contribution in [0.1, 0.15) is 17.9 Å². The van der Waals surface area contributed by atoms with Crippen LogP contribution in [0.5, 0.6) is 11.5 Å². The first-order valence-electron chi connectivity index (χ1n) is 6.87. The van der Waals surface area contributed by atoms with Gasteiger partial charge in [-0.3, -0.25) is 0 Å². The molecule has 5 nitrogen and oxygen atoms in total. The minimum absolute atomic E-state index is 0.106. The molecule has 1 heterocycles. The van der Waals surface area contributed by atoms with E-state index in [4.69, 9.17) is 15.9 Å². The molecule has 0 spiro atoms. The predicted molar refractivity (Wildman–Crippen MR) is 80.7 cm³/mol. The van der Waals surface area contributed by atoms with Gasteiger partial charge in [0.15, 0.2) is 0 Å². The Kier molecular flexibility index (Phi) is 4.94. The molecule has 1 aromatic carbocycles. The maximum atomic E-state index is 11.9. The standard InChI is InChI=1S/C16H20N2O3/c1-4-6-17-16(19)18-7-5-12(11-18)13-8-14(20-2)10-15(9-13)21-3/h1,8-10,12H,5-7,11H2,2-3H3,(H,17,19)/t12-/m1/s1. The summed E-state index contributed by atoms with van der Waals surface area (Å²) in [6, 6.07) is 5.73. The molecule has 1 aliphatic rings. The van der Waals surface area contributed by atoms with Crippen LogP contribution in [0.2, 0.25) is 0 Å². The Labute approximate surface area is 125 Å². The largest absolute Gasteiger partial charge is 0.497 e. The van der Waals surface area contributed by atoms with Crippen LogP contribution in [0.4, 0.5) is 4.79 Å². The average molecular weight is 288 g/mol. The molecule has 0 saturated carbocycles. The fraction of sp³-hybridized carbons (Fsp3) is 0.438. The first kappa shape index (κ1) is 15.0. The number of hydrogen-bond donors (Lipinski definition) is 1. The maximum absolute atomic E-state index is 11.9. The van der Waals surface area contributed by atoms with Gasteiger partial charge in [-0.2, -0.15) is 0 Å². The number of hydrogen-bond acceptors (Lipinski definition) is 3. The van der Waals surface area contributed by atoms with E-state index in [1.165, 1.54) is 0 Å². The lowest BCUT2D eigenvalue weighted by Gasteiger charge is -2.17. The third kappa shape index (κ3) is 3.60. The molecular formula is C16H20N2O3. The summed E-state index contributed by atoms with van der Waals surface area (Å²) in [6.07, 6.45) is 6.06. The number of ether oxygens (including phenoxy) is 2. The van der Waals surface area contributed by atoms with E-state index >= 15 is 0 Å². The molecule has 0 aromatic heterocycles. The zero-order chi connectivity index (χ0) is 15.2. The summed E-state index contributed by atoms with van der Waals surface area (Å²) < 4.78 is 10.6. The summed E-state index contributed by atoms with van der Waals surface area (Å²) in [6.45, 7) is 1.65. The summed E-state index contributed by atoms with van der Waals surface area (Å²) in [5.41, 5.74) is 1.12. The Bertz CT molecular complexity index is 529. The topological polar surface area (TPSA) is 50.8 Å². The summed E-state index contributed by atoms with van der Waals surface area (Å²) in [5.74, 6) is 4.21. The fourth-order valence-corrected chi connectivity index (χ4v) is 2.52. The lowest BCUT2D eigenvalue weighted by molar-refractivity contribution is 0.209. The van der Waals surface area contributed by atoms with E-state index in [-0.39, 0.29) is 18.5 Å². The molecule has 2 amide bonds. The SMILES string of the molecule is C#CCNC(=O)N1CC[C@@H](c2cc(OC)cc(OC)c2)C1. The van der Waals surface area contributed by atoms with Gasteiger partial charge in [0, 0.05) is 25.1 Å². The molecule has 1 N–H and O–H groups in total. The molecule has 1 saturated heterocycles. The van der Waals surface area contributed by atoms with Crippen LogP contribution < -0.4 is 14.8 Å². The molecule has 0 unspecified atom stereocenters. The number of carbonyl (C=O) groups is 1. The molecule has 0 radical (unpaired) electrons. The molecule has 21 heavy (non-hydrogen) atoms. The number of terminal acetylenes is 1. The first-order chi connectivity index (χ1) is 10.2. The summed E-state index contributed by atoms with van der Waals surface area (Å²) in [5, 5.41) is 2.69. The predicted octanol–water partition coefficient (Wildman–Crippen LogP) is 1.84.